The van der Waals surface area contributed by atoms with Crippen LogP contribution in [-0.2, 0) is 11.3 Å². The number of hydrogen-bond donors (Lipinski definition) is 1. The summed E-state index contributed by atoms with van der Waals surface area (Å²) < 4.78 is 4.83. The molecule has 1 heterocycles. The molecule has 1 aliphatic heterocycles. The number of nitrogens with zero attached hydrogens (tertiary/aromatic N) is 2. The first kappa shape index (κ1) is 13.8. The Bertz CT molecular complexity index is 389. The second-order valence-corrected chi connectivity index (χ2v) is 4.66. The van der Waals surface area contributed by atoms with Crippen molar-refractivity contribution in [2.24, 2.45) is 0 Å². The molecule has 2 rings (SSSR count). The monoisotopic (exact) mass is 263 g/mol. The molecule has 1 fully saturated rings. The number of carbonyl (C=O) groups is 1. The molecule has 0 unspecified atom stereocenters. The Hall–Kier alpha value is -1.59. The van der Waals surface area contributed by atoms with E-state index < -0.39 is 0 Å². The van der Waals surface area contributed by atoms with Crippen molar-refractivity contribution in [1.29, 1.82) is 0 Å². The van der Waals surface area contributed by atoms with Gasteiger partial charge >= 0.3 is 6.03 Å². The zero-order valence-corrected chi connectivity index (χ0v) is 11.3. The predicted molar refractivity (Wildman–Crippen MR) is 73.7 cm³/mol. The minimum Gasteiger partial charge on any atom is -0.364 e. The van der Waals surface area contributed by atoms with E-state index in [1.807, 2.05) is 11.0 Å². The molecule has 0 spiro atoms. The number of benzene rings is 1. The summed E-state index contributed by atoms with van der Waals surface area (Å²) in [6, 6.07) is 10.4. The summed E-state index contributed by atoms with van der Waals surface area (Å²) in [6.07, 6.45) is 0. The van der Waals surface area contributed by atoms with Crippen molar-refractivity contribution in [3.05, 3.63) is 35.9 Å². The zero-order valence-electron chi connectivity index (χ0n) is 11.3. The molecule has 1 aliphatic rings. The third-order valence-corrected chi connectivity index (χ3v) is 3.28. The summed E-state index contributed by atoms with van der Waals surface area (Å²) in [5.41, 5.74) is 1.32. The Kier molecular flexibility index (Phi) is 5.18. The van der Waals surface area contributed by atoms with E-state index in [9.17, 15) is 4.79 Å². The van der Waals surface area contributed by atoms with Crippen molar-refractivity contribution in [3.8, 4) is 0 Å². The van der Waals surface area contributed by atoms with E-state index in [1.54, 1.807) is 7.11 Å². The van der Waals surface area contributed by atoms with E-state index in [1.165, 1.54) is 5.56 Å². The summed E-state index contributed by atoms with van der Waals surface area (Å²) in [5.74, 6) is 0. The van der Waals surface area contributed by atoms with Gasteiger partial charge in [0.1, 0.15) is 6.73 Å². The molecular weight excluding hydrogens is 242 g/mol. The topological polar surface area (TPSA) is 44.8 Å². The molecule has 0 atom stereocenters. The molecule has 5 nitrogen and oxygen atoms in total. The lowest BCUT2D eigenvalue weighted by Gasteiger charge is -2.34. The number of urea groups is 1. The number of hydrogen-bond acceptors (Lipinski definition) is 3. The first-order chi connectivity index (χ1) is 9.29. The van der Waals surface area contributed by atoms with Crippen LogP contribution in [0.4, 0.5) is 4.79 Å². The van der Waals surface area contributed by atoms with Gasteiger partial charge in [-0.15, -0.1) is 0 Å². The lowest BCUT2D eigenvalue weighted by Crippen LogP contribution is -2.51. The molecule has 0 saturated carbocycles. The highest BCUT2D eigenvalue weighted by Gasteiger charge is 2.20. The maximum atomic E-state index is 11.7. The van der Waals surface area contributed by atoms with Crippen LogP contribution in [0.15, 0.2) is 30.3 Å². The van der Waals surface area contributed by atoms with E-state index in [2.05, 4.69) is 34.5 Å². The average molecular weight is 263 g/mol. The second kappa shape index (κ2) is 7.11. The second-order valence-electron chi connectivity index (χ2n) is 4.66. The molecule has 0 aliphatic carbocycles. The first-order valence-corrected chi connectivity index (χ1v) is 6.57. The molecule has 0 aromatic heterocycles. The molecule has 0 bridgehead atoms. The third kappa shape index (κ3) is 4.22. The molecule has 2 amide bonds. The highest BCUT2D eigenvalue weighted by atomic mass is 16.5. The maximum Gasteiger partial charge on any atom is 0.319 e. The van der Waals surface area contributed by atoms with Gasteiger partial charge in [-0.1, -0.05) is 30.3 Å². The van der Waals surface area contributed by atoms with Gasteiger partial charge in [0.15, 0.2) is 0 Å². The van der Waals surface area contributed by atoms with Gasteiger partial charge in [0.2, 0.25) is 0 Å². The van der Waals surface area contributed by atoms with Gasteiger partial charge in [-0.3, -0.25) is 4.90 Å². The van der Waals surface area contributed by atoms with Gasteiger partial charge in [0, 0.05) is 39.8 Å². The number of amides is 2. The van der Waals surface area contributed by atoms with Crippen LogP contribution in [0.3, 0.4) is 0 Å². The van der Waals surface area contributed by atoms with Gasteiger partial charge in [-0.25, -0.2) is 4.79 Å². The summed E-state index contributed by atoms with van der Waals surface area (Å²) in [6.45, 7) is 4.58. The van der Waals surface area contributed by atoms with Gasteiger partial charge in [0.05, 0.1) is 0 Å². The number of ether oxygens (including phenoxy) is 1. The Balaban J connectivity index is 1.75. The lowest BCUT2D eigenvalue weighted by atomic mass is 10.2. The quantitative estimate of drug-likeness (QED) is 0.828. The standard InChI is InChI=1S/C14H21N3O2/c1-19-12-15-14(18)17-9-7-16(8-10-17)11-13-5-3-2-4-6-13/h2-6H,7-12H2,1H3,(H,15,18). The Morgan fingerprint density at radius 2 is 1.89 bits per heavy atom. The smallest absolute Gasteiger partial charge is 0.319 e. The molecule has 5 heteroatoms. The Morgan fingerprint density at radius 1 is 1.21 bits per heavy atom. The SMILES string of the molecule is COCNC(=O)N1CCN(Cc2ccccc2)CC1. The van der Waals surface area contributed by atoms with Gasteiger partial charge in [-0.05, 0) is 5.56 Å². The molecule has 1 aromatic carbocycles. The van der Waals surface area contributed by atoms with Crippen LogP contribution in [0.1, 0.15) is 5.56 Å². The van der Waals surface area contributed by atoms with Gasteiger partial charge in [-0.2, -0.15) is 0 Å². The van der Waals surface area contributed by atoms with E-state index in [-0.39, 0.29) is 12.8 Å². The Morgan fingerprint density at radius 3 is 2.53 bits per heavy atom. The fourth-order valence-electron chi connectivity index (χ4n) is 2.20. The highest BCUT2D eigenvalue weighted by Crippen LogP contribution is 2.08. The minimum atomic E-state index is -0.0405. The molecule has 0 radical (unpaired) electrons. The third-order valence-electron chi connectivity index (χ3n) is 3.28. The minimum absolute atomic E-state index is 0.0405. The van der Waals surface area contributed by atoms with Crippen molar-refractivity contribution in [3.63, 3.8) is 0 Å². The predicted octanol–water partition coefficient (Wildman–Crippen LogP) is 1.12. The molecule has 104 valence electrons. The molecule has 1 saturated heterocycles. The van der Waals surface area contributed by atoms with E-state index >= 15 is 0 Å². The fourth-order valence-corrected chi connectivity index (χ4v) is 2.20. The number of piperazine rings is 1. The number of nitrogens with one attached hydrogen (secondary N) is 1. The van der Waals surface area contributed by atoms with Crippen LogP contribution in [0, 0.1) is 0 Å². The summed E-state index contributed by atoms with van der Waals surface area (Å²) in [7, 11) is 1.57. The molecular formula is C14H21N3O2. The average Bonchev–Trinajstić information content (AvgIpc) is 2.46. The van der Waals surface area contributed by atoms with Crippen molar-refractivity contribution in [1.82, 2.24) is 15.1 Å². The Labute approximate surface area is 114 Å². The number of carbonyl (C=O) groups excluding carboxylic acids is 1. The largest absolute Gasteiger partial charge is 0.364 e. The van der Waals surface area contributed by atoms with E-state index in [0.29, 0.717) is 0 Å². The molecule has 19 heavy (non-hydrogen) atoms. The summed E-state index contributed by atoms with van der Waals surface area (Å²) >= 11 is 0. The lowest BCUT2D eigenvalue weighted by molar-refractivity contribution is 0.120. The van der Waals surface area contributed by atoms with E-state index in [4.69, 9.17) is 4.74 Å². The van der Waals surface area contributed by atoms with Crippen LogP contribution in [-0.4, -0.2) is 55.9 Å². The van der Waals surface area contributed by atoms with Gasteiger partial charge < -0.3 is 15.0 Å². The van der Waals surface area contributed by atoms with Crippen LogP contribution >= 0.6 is 0 Å². The van der Waals surface area contributed by atoms with Crippen molar-refractivity contribution in [2.75, 3.05) is 40.0 Å². The summed E-state index contributed by atoms with van der Waals surface area (Å²) in [5, 5.41) is 2.71. The maximum absolute atomic E-state index is 11.7. The summed E-state index contributed by atoms with van der Waals surface area (Å²) in [4.78, 5) is 15.9. The number of methoxy groups -OCH3 is 1. The van der Waals surface area contributed by atoms with E-state index in [0.717, 1.165) is 32.7 Å². The van der Waals surface area contributed by atoms with Crippen molar-refractivity contribution in [2.45, 2.75) is 6.54 Å². The highest BCUT2D eigenvalue weighted by molar-refractivity contribution is 5.74. The van der Waals surface area contributed by atoms with Crippen LogP contribution < -0.4 is 5.32 Å². The first-order valence-electron chi connectivity index (χ1n) is 6.57. The van der Waals surface area contributed by atoms with Crippen LogP contribution in [0.5, 0.6) is 0 Å². The molecule has 1 N–H and O–H groups in total. The number of rotatable bonds is 4. The van der Waals surface area contributed by atoms with Gasteiger partial charge in [0.25, 0.3) is 0 Å². The van der Waals surface area contributed by atoms with Crippen LogP contribution in [0.2, 0.25) is 0 Å². The van der Waals surface area contributed by atoms with Crippen LogP contribution in [0.25, 0.3) is 0 Å². The van der Waals surface area contributed by atoms with Crippen molar-refractivity contribution >= 4 is 6.03 Å². The van der Waals surface area contributed by atoms with Crippen molar-refractivity contribution < 1.29 is 9.53 Å². The normalized spacial score (nSPS) is 16.4. The fraction of sp³-hybridized carbons (Fsp3) is 0.500. The zero-order chi connectivity index (χ0) is 13.5. The molecule has 1 aromatic rings.